The molecule has 2 atom stereocenters. The average molecular weight is 775 g/mol. The zero-order valence-electron chi connectivity index (χ0n) is 36.6. The van der Waals surface area contributed by atoms with Crippen molar-refractivity contribution in [3.8, 4) is 0 Å². The number of quaternary nitrogens is 1. The molecule has 2 unspecified atom stereocenters. The highest BCUT2D eigenvalue weighted by Crippen LogP contribution is 2.19. The molecule has 1 fully saturated rings. The molecule has 0 bridgehead atoms. The molecule has 1 heterocycles. The van der Waals surface area contributed by atoms with Gasteiger partial charge >= 0.3 is 11.9 Å². The summed E-state index contributed by atoms with van der Waals surface area (Å²) in [6, 6.07) is 0. The first-order valence-corrected chi connectivity index (χ1v) is 22.4. The highest BCUT2D eigenvalue weighted by molar-refractivity contribution is 5.71. The molecule has 0 spiro atoms. The number of aliphatic hydroxyl groups is 2. The Balaban J connectivity index is -0.000000748. The third kappa shape index (κ3) is 46.4. The predicted molar refractivity (Wildman–Crippen MR) is 221 cm³/mol. The molecule has 1 rings (SSSR count). The Bertz CT molecular complexity index is 781. The third-order valence-corrected chi connectivity index (χ3v) is 9.48. The van der Waals surface area contributed by atoms with E-state index in [1.54, 1.807) is 4.90 Å². The fourth-order valence-corrected chi connectivity index (χ4v) is 6.02. The van der Waals surface area contributed by atoms with Gasteiger partial charge in [-0.2, -0.15) is 0 Å². The van der Waals surface area contributed by atoms with Gasteiger partial charge in [0.05, 0.1) is 25.8 Å². The Kier molecular flexibility index (Phi) is 47.8. The number of carbonyl (C=O) groups excluding carboxylic acids is 3. The van der Waals surface area contributed by atoms with Crippen molar-refractivity contribution in [3.63, 3.8) is 0 Å². The molecule has 0 aromatic rings. The number of unbranched alkanes of at least 4 members (excludes halogenated alkanes) is 12. The summed E-state index contributed by atoms with van der Waals surface area (Å²) in [6.45, 7) is 21.4. The van der Waals surface area contributed by atoms with Crippen LogP contribution in [0.4, 0.5) is 0 Å². The minimum Gasteiger partial charge on any atom is -0.550 e. The molecule has 1 aliphatic rings. The van der Waals surface area contributed by atoms with Crippen LogP contribution in [0.5, 0.6) is 0 Å². The number of hydrogen-bond donors (Lipinski definition) is 3. The van der Waals surface area contributed by atoms with Crippen LogP contribution >= 0.6 is 0 Å². The van der Waals surface area contributed by atoms with Crippen molar-refractivity contribution < 1.29 is 44.1 Å². The van der Waals surface area contributed by atoms with Gasteiger partial charge in [0.25, 0.3) is 0 Å². The molecule has 324 valence electrons. The second-order valence-corrected chi connectivity index (χ2v) is 14.9. The van der Waals surface area contributed by atoms with Crippen molar-refractivity contribution in [2.45, 2.75) is 215 Å². The Hall–Kier alpha value is -1.75. The first kappa shape index (κ1) is 56.6. The number of nitrogens with zero attached hydrogens (tertiary/aromatic N) is 1. The number of rotatable bonds is 32. The van der Waals surface area contributed by atoms with Gasteiger partial charge in [-0.1, -0.05) is 125 Å². The van der Waals surface area contributed by atoms with Crippen molar-refractivity contribution >= 4 is 17.9 Å². The number of aliphatic hydroxyl groups excluding tert-OH is 2. The lowest BCUT2D eigenvalue weighted by Gasteiger charge is -2.20. The second-order valence-electron chi connectivity index (χ2n) is 14.9. The topological polar surface area (TPSA) is 141 Å². The SMILES string of the molecule is CC(=O)[O-].CCCCCCCC(O)CCC(=O)OCC[NH+](CCCC)CCCC.CCCCCCCC1CCC(=O)O1.CCCCN(CCO)CCCC. The standard InChI is InChI=1S/C21H43NO3.C11H20O2.C10H23NO.C2H4O2/c1-4-7-10-11-12-13-20(23)14-15-21(24)25-19-18-22(16-8-5-2)17-9-6-3;1-2-3-4-5-6-7-10-8-9-11(12)13-10;1-3-5-7-11(9-10-12)8-6-4-2;1-2(3)4/h20,23H,4-19H2,1-3H3;10H,2-9H2,1H3;12H,3-10H2,1-2H3;1H3,(H,3,4). The van der Waals surface area contributed by atoms with Gasteiger partial charge in [0.1, 0.15) is 19.3 Å². The highest BCUT2D eigenvalue weighted by Gasteiger charge is 2.22. The summed E-state index contributed by atoms with van der Waals surface area (Å²) in [7, 11) is 0. The lowest BCUT2D eigenvalue weighted by molar-refractivity contribution is -0.900. The maximum Gasteiger partial charge on any atom is 0.306 e. The molecule has 10 nitrogen and oxygen atoms in total. The Labute approximate surface area is 333 Å². The minimum absolute atomic E-state index is 0.00134. The maximum absolute atomic E-state index is 11.8. The fourth-order valence-electron chi connectivity index (χ4n) is 6.02. The number of cyclic esters (lactones) is 1. The van der Waals surface area contributed by atoms with Crippen LogP contribution in [0.25, 0.3) is 0 Å². The Morgan fingerprint density at radius 3 is 1.72 bits per heavy atom. The highest BCUT2D eigenvalue weighted by atomic mass is 16.5. The molecular formula is C44H90N2O8. The molecule has 1 aliphatic heterocycles. The normalized spacial score (nSPS) is 14.0. The van der Waals surface area contributed by atoms with Crippen molar-refractivity contribution in [1.29, 1.82) is 0 Å². The zero-order valence-corrected chi connectivity index (χ0v) is 36.6. The number of carbonyl (C=O) groups is 3. The van der Waals surface area contributed by atoms with E-state index < -0.39 is 5.97 Å². The molecule has 0 aromatic heterocycles. The molecule has 0 saturated carbocycles. The van der Waals surface area contributed by atoms with Crippen molar-refractivity contribution in [3.05, 3.63) is 0 Å². The lowest BCUT2D eigenvalue weighted by Crippen LogP contribution is -3.12. The van der Waals surface area contributed by atoms with Crippen LogP contribution in [0.2, 0.25) is 0 Å². The predicted octanol–water partition coefficient (Wildman–Crippen LogP) is 7.21. The van der Waals surface area contributed by atoms with Crippen molar-refractivity contribution in [2.24, 2.45) is 0 Å². The Morgan fingerprint density at radius 2 is 1.26 bits per heavy atom. The van der Waals surface area contributed by atoms with Gasteiger partial charge in [0.15, 0.2) is 0 Å². The smallest absolute Gasteiger partial charge is 0.306 e. The first-order valence-electron chi connectivity index (χ1n) is 22.4. The van der Waals surface area contributed by atoms with Gasteiger partial charge in [-0.3, -0.25) is 9.59 Å². The lowest BCUT2D eigenvalue weighted by atomic mass is 10.1. The van der Waals surface area contributed by atoms with Crippen LogP contribution in [0.1, 0.15) is 203 Å². The third-order valence-electron chi connectivity index (χ3n) is 9.48. The molecule has 0 radical (unpaired) electrons. The molecule has 0 aliphatic carbocycles. The van der Waals surface area contributed by atoms with E-state index >= 15 is 0 Å². The van der Waals surface area contributed by atoms with Gasteiger partial charge < -0.3 is 39.4 Å². The van der Waals surface area contributed by atoms with E-state index in [1.165, 1.54) is 122 Å². The van der Waals surface area contributed by atoms with E-state index in [0.717, 1.165) is 58.8 Å². The van der Waals surface area contributed by atoms with E-state index in [9.17, 15) is 14.7 Å². The van der Waals surface area contributed by atoms with E-state index in [2.05, 4.69) is 46.4 Å². The van der Waals surface area contributed by atoms with Crippen LogP contribution in [0.3, 0.4) is 0 Å². The summed E-state index contributed by atoms with van der Waals surface area (Å²) in [5.41, 5.74) is 0. The van der Waals surface area contributed by atoms with Crippen LogP contribution in [-0.2, 0) is 23.9 Å². The number of carboxylic acid groups (broad SMARTS) is 1. The van der Waals surface area contributed by atoms with E-state index in [-0.39, 0.29) is 24.1 Å². The van der Waals surface area contributed by atoms with E-state index in [0.29, 0.717) is 32.5 Å². The van der Waals surface area contributed by atoms with Crippen LogP contribution in [-0.4, -0.2) is 97.7 Å². The van der Waals surface area contributed by atoms with Gasteiger partial charge in [-0.25, -0.2) is 0 Å². The first-order chi connectivity index (χ1) is 26.0. The summed E-state index contributed by atoms with van der Waals surface area (Å²) in [5, 5.41) is 27.6. The maximum atomic E-state index is 11.8. The molecule has 0 aromatic carbocycles. The summed E-state index contributed by atoms with van der Waals surface area (Å²) in [5.74, 6) is -1.24. The van der Waals surface area contributed by atoms with E-state index in [1.807, 2.05) is 0 Å². The molecule has 10 heteroatoms. The molecule has 0 amide bonds. The van der Waals surface area contributed by atoms with Crippen molar-refractivity contribution in [1.82, 2.24) is 4.90 Å². The van der Waals surface area contributed by atoms with E-state index in [4.69, 9.17) is 24.5 Å². The summed E-state index contributed by atoms with van der Waals surface area (Å²) in [6.07, 6.45) is 26.6. The molecule has 3 N–H and O–H groups in total. The molecule has 1 saturated heterocycles. The fraction of sp³-hybridized carbons (Fsp3) is 0.932. The number of ether oxygens (including phenoxy) is 2. The van der Waals surface area contributed by atoms with Gasteiger partial charge in [-0.15, -0.1) is 0 Å². The number of esters is 2. The minimum atomic E-state index is -1.08. The molecular weight excluding hydrogens is 684 g/mol. The van der Waals surface area contributed by atoms with Gasteiger partial charge in [0.2, 0.25) is 0 Å². The number of nitrogens with one attached hydrogen (secondary N) is 1. The number of hydrogen-bond acceptors (Lipinski definition) is 9. The monoisotopic (exact) mass is 775 g/mol. The summed E-state index contributed by atoms with van der Waals surface area (Å²) < 4.78 is 10.5. The average Bonchev–Trinajstić information content (AvgIpc) is 3.57. The van der Waals surface area contributed by atoms with Crippen molar-refractivity contribution in [2.75, 3.05) is 52.5 Å². The quantitative estimate of drug-likeness (QED) is 0.0478. The second kappa shape index (κ2) is 45.6. The Morgan fingerprint density at radius 1 is 0.759 bits per heavy atom. The van der Waals surface area contributed by atoms with Gasteiger partial charge in [-0.05, 0) is 77.8 Å². The number of carboxylic acids is 1. The largest absolute Gasteiger partial charge is 0.550 e. The summed E-state index contributed by atoms with van der Waals surface area (Å²) in [4.78, 5) is 35.4. The number of aliphatic carboxylic acids is 1. The molecule has 54 heavy (non-hydrogen) atoms. The van der Waals surface area contributed by atoms with Crippen LogP contribution in [0.15, 0.2) is 0 Å². The van der Waals surface area contributed by atoms with Crippen LogP contribution < -0.4 is 10.0 Å². The van der Waals surface area contributed by atoms with Crippen LogP contribution in [0, 0.1) is 0 Å². The van der Waals surface area contributed by atoms with Gasteiger partial charge in [0, 0.05) is 25.4 Å². The summed E-state index contributed by atoms with van der Waals surface area (Å²) >= 11 is 0. The zero-order chi connectivity index (χ0) is 41.1.